The van der Waals surface area contributed by atoms with Crippen molar-refractivity contribution in [3.8, 4) is 0 Å². The zero-order valence-corrected chi connectivity index (χ0v) is 11.0. The minimum atomic E-state index is -1.14. The van der Waals surface area contributed by atoms with Crippen LogP contribution in [0, 0.1) is 0 Å². The molecular formula is C12H15N3O5. The van der Waals surface area contributed by atoms with Gasteiger partial charge in [-0.25, -0.2) is 15.0 Å². The second kappa shape index (κ2) is 7.07. The Morgan fingerprint density at radius 1 is 1.35 bits per heavy atom. The van der Waals surface area contributed by atoms with Crippen molar-refractivity contribution in [2.75, 3.05) is 0 Å². The molecule has 0 aromatic carbocycles. The van der Waals surface area contributed by atoms with Gasteiger partial charge in [-0.1, -0.05) is 6.92 Å². The number of carbonyl (C=O) groups excluding carboxylic acids is 2. The summed E-state index contributed by atoms with van der Waals surface area (Å²) in [6.07, 6.45) is 0.656. The molecule has 1 heterocycles. The van der Waals surface area contributed by atoms with E-state index in [1.807, 2.05) is 6.92 Å². The summed E-state index contributed by atoms with van der Waals surface area (Å²) in [7, 11) is 0. The van der Waals surface area contributed by atoms with Crippen LogP contribution in [0.4, 0.5) is 4.79 Å². The molecule has 0 saturated heterocycles. The Morgan fingerprint density at radius 3 is 2.55 bits per heavy atom. The number of ether oxygens (including phenoxy) is 1. The van der Waals surface area contributed by atoms with E-state index >= 15 is 0 Å². The molecule has 1 rings (SSSR count). The molecule has 1 aromatic rings. The fourth-order valence-corrected chi connectivity index (χ4v) is 1.12. The van der Waals surface area contributed by atoms with Crippen LogP contribution in [-0.2, 0) is 4.74 Å². The summed E-state index contributed by atoms with van der Waals surface area (Å²) in [5.41, 5.74) is 4.10. The third-order valence-electron chi connectivity index (χ3n) is 2.40. The summed E-state index contributed by atoms with van der Waals surface area (Å²) in [6.45, 7) is 3.57. The number of carbonyl (C=O) groups is 3. The lowest BCUT2D eigenvalue weighted by Crippen LogP contribution is -2.43. The number of pyridine rings is 1. The first-order valence-corrected chi connectivity index (χ1v) is 5.90. The molecule has 8 heteroatoms. The van der Waals surface area contributed by atoms with Gasteiger partial charge < -0.3 is 9.84 Å². The Kier molecular flexibility index (Phi) is 5.45. The number of amides is 2. The van der Waals surface area contributed by atoms with Crippen molar-refractivity contribution in [3.63, 3.8) is 0 Å². The lowest BCUT2D eigenvalue weighted by atomic mass is 10.2. The van der Waals surface area contributed by atoms with Gasteiger partial charge in [-0.2, -0.15) is 0 Å². The first-order valence-electron chi connectivity index (χ1n) is 5.90. The van der Waals surface area contributed by atoms with Crippen LogP contribution in [-0.4, -0.2) is 34.2 Å². The molecule has 20 heavy (non-hydrogen) atoms. The predicted molar refractivity (Wildman–Crippen MR) is 68.0 cm³/mol. The molecule has 0 saturated carbocycles. The molecule has 0 aliphatic rings. The largest absolute Gasteiger partial charge is 0.478 e. The van der Waals surface area contributed by atoms with E-state index in [4.69, 9.17) is 9.84 Å². The van der Waals surface area contributed by atoms with Crippen LogP contribution in [0.2, 0.25) is 0 Å². The molecule has 2 amide bonds. The SMILES string of the molecule is CCC(C)OC(=O)NNC(=O)c1ccc(C(=O)O)cn1. The second-order valence-electron chi connectivity index (χ2n) is 3.94. The van der Waals surface area contributed by atoms with E-state index < -0.39 is 18.0 Å². The van der Waals surface area contributed by atoms with E-state index in [0.29, 0.717) is 6.42 Å². The molecule has 1 unspecified atom stereocenters. The van der Waals surface area contributed by atoms with Gasteiger partial charge in [0, 0.05) is 6.20 Å². The van der Waals surface area contributed by atoms with Gasteiger partial charge in [0.2, 0.25) is 0 Å². The lowest BCUT2D eigenvalue weighted by molar-refractivity contribution is 0.0695. The maximum Gasteiger partial charge on any atom is 0.426 e. The minimum Gasteiger partial charge on any atom is -0.478 e. The highest BCUT2D eigenvalue weighted by Crippen LogP contribution is 2.00. The van der Waals surface area contributed by atoms with Crippen LogP contribution in [0.1, 0.15) is 41.1 Å². The average Bonchev–Trinajstić information content (AvgIpc) is 2.44. The summed E-state index contributed by atoms with van der Waals surface area (Å²) < 4.78 is 4.87. The zero-order chi connectivity index (χ0) is 15.1. The summed E-state index contributed by atoms with van der Waals surface area (Å²) >= 11 is 0. The van der Waals surface area contributed by atoms with Crippen molar-refractivity contribution in [1.29, 1.82) is 0 Å². The van der Waals surface area contributed by atoms with Crippen molar-refractivity contribution < 1.29 is 24.2 Å². The van der Waals surface area contributed by atoms with Gasteiger partial charge in [-0.3, -0.25) is 15.2 Å². The third-order valence-corrected chi connectivity index (χ3v) is 2.40. The number of nitrogens with zero attached hydrogens (tertiary/aromatic N) is 1. The highest BCUT2D eigenvalue weighted by molar-refractivity contribution is 5.94. The molecule has 0 radical (unpaired) electrons. The van der Waals surface area contributed by atoms with Gasteiger partial charge >= 0.3 is 12.1 Å². The summed E-state index contributed by atoms with van der Waals surface area (Å²) in [6, 6.07) is 2.47. The maximum absolute atomic E-state index is 11.6. The fraction of sp³-hybridized carbons (Fsp3) is 0.333. The maximum atomic E-state index is 11.6. The molecule has 108 valence electrons. The van der Waals surface area contributed by atoms with E-state index in [1.165, 1.54) is 12.1 Å². The first-order chi connectivity index (χ1) is 9.43. The standard InChI is InChI=1S/C12H15N3O5/c1-3-7(2)20-12(19)15-14-10(16)9-5-4-8(6-13-9)11(17)18/h4-7H,3H2,1-2H3,(H,14,16)(H,15,19)(H,17,18). The van der Waals surface area contributed by atoms with Crippen molar-refractivity contribution in [2.45, 2.75) is 26.4 Å². The highest BCUT2D eigenvalue weighted by Gasteiger charge is 2.12. The molecule has 3 N–H and O–H groups in total. The van der Waals surface area contributed by atoms with E-state index in [2.05, 4.69) is 15.8 Å². The molecule has 0 bridgehead atoms. The number of rotatable bonds is 4. The van der Waals surface area contributed by atoms with E-state index in [-0.39, 0.29) is 17.4 Å². The van der Waals surface area contributed by atoms with E-state index in [1.54, 1.807) is 6.92 Å². The molecule has 8 nitrogen and oxygen atoms in total. The summed E-state index contributed by atoms with van der Waals surface area (Å²) in [5.74, 6) is -1.82. The Hall–Kier alpha value is -2.64. The number of carboxylic acids is 1. The molecule has 1 atom stereocenters. The first kappa shape index (κ1) is 15.4. The van der Waals surface area contributed by atoms with Crippen molar-refractivity contribution >= 4 is 18.0 Å². The Balaban J connectivity index is 2.50. The molecular weight excluding hydrogens is 266 g/mol. The van der Waals surface area contributed by atoms with Gasteiger partial charge in [0.1, 0.15) is 11.8 Å². The summed E-state index contributed by atoms with van der Waals surface area (Å²) in [5, 5.41) is 8.68. The highest BCUT2D eigenvalue weighted by atomic mass is 16.6. The normalized spacial score (nSPS) is 11.3. The second-order valence-corrected chi connectivity index (χ2v) is 3.94. The Bertz CT molecular complexity index is 500. The number of hydrogen-bond acceptors (Lipinski definition) is 5. The van der Waals surface area contributed by atoms with Crippen LogP contribution in [0.15, 0.2) is 18.3 Å². The third kappa shape index (κ3) is 4.56. The number of nitrogens with one attached hydrogen (secondary N) is 2. The van der Waals surface area contributed by atoms with Crippen LogP contribution >= 0.6 is 0 Å². The fourth-order valence-electron chi connectivity index (χ4n) is 1.12. The zero-order valence-electron chi connectivity index (χ0n) is 11.0. The number of aromatic carboxylic acids is 1. The predicted octanol–water partition coefficient (Wildman–Crippen LogP) is 0.949. The van der Waals surface area contributed by atoms with Crippen molar-refractivity contribution in [2.24, 2.45) is 0 Å². The molecule has 0 aliphatic carbocycles. The average molecular weight is 281 g/mol. The molecule has 1 aromatic heterocycles. The topological polar surface area (TPSA) is 118 Å². The number of carboxylic acid groups (broad SMARTS) is 1. The molecule has 0 aliphatic heterocycles. The van der Waals surface area contributed by atoms with Gasteiger partial charge in [-0.05, 0) is 25.5 Å². The monoisotopic (exact) mass is 281 g/mol. The molecule has 0 fully saturated rings. The van der Waals surface area contributed by atoms with E-state index in [0.717, 1.165) is 6.20 Å². The van der Waals surface area contributed by atoms with Crippen LogP contribution in [0.5, 0.6) is 0 Å². The van der Waals surface area contributed by atoms with Gasteiger partial charge in [-0.15, -0.1) is 0 Å². The van der Waals surface area contributed by atoms with Crippen LogP contribution in [0.25, 0.3) is 0 Å². The number of aromatic nitrogens is 1. The number of hydrogen-bond donors (Lipinski definition) is 3. The van der Waals surface area contributed by atoms with Crippen molar-refractivity contribution in [1.82, 2.24) is 15.8 Å². The smallest absolute Gasteiger partial charge is 0.426 e. The minimum absolute atomic E-state index is 0.0289. The van der Waals surface area contributed by atoms with E-state index in [9.17, 15) is 14.4 Å². The van der Waals surface area contributed by atoms with Gasteiger partial charge in [0.25, 0.3) is 5.91 Å². The lowest BCUT2D eigenvalue weighted by Gasteiger charge is -2.12. The van der Waals surface area contributed by atoms with Gasteiger partial charge in [0.05, 0.1) is 5.56 Å². The Labute approximate surface area is 115 Å². The Morgan fingerprint density at radius 2 is 2.05 bits per heavy atom. The van der Waals surface area contributed by atoms with Crippen LogP contribution in [0.3, 0.4) is 0 Å². The van der Waals surface area contributed by atoms with Crippen molar-refractivity contribution in [3.05, 3.63) is 29.6 Å². The summed E-state index contributed by atoms with van der Waals surface area (Å²) in [4.78, 5) is 37.1. The van der Waals surface area contributed by atoms with Gasteiger partial charge in [0.15, 0.2) is 0 Å². The molecule has 0 spiro atoms. The van der Waals surface area contributed by atoms with Crippen LogP contribution < -0.4 is 10.9 Å². The quantitative estimate of drug-likeness (QED) is 0.707. The number of hydrazine groups is 1.